The number of rotatable bonds is 5. The lowest BCUT2D eigenvalue weighted by molar-refractivity contribution is 0.367. The molecule has 7 heteroatoms. The van der Waals surface area contributed by atoms with E-state index in [1.165, 1.54) is 4.68 Å². The first-order chi connectivity index (χ1) is 13.0. The molecule has 0 fully saturated rings. The number of fused-ring (bicyclic) bond motifs is 1. The lowest BCUT2D eigenvalue weighted by Crippen LogP contribution is -2.23. The monoisotopic (exact) mass is 424 g/mol. The summed E-state index contributed by atoms with van der Waals surface area (Å²) in [6.45, 7) is 3.86. The van der Waals surface area contributed by atoms with Crippen LogP contribution in [-0.2, 0) is 0 Å². The van der Waals surface area contributed by atoms with E-state index in [4.69, 9.17) is 10.00 Å². The Morgan fingerprint density at radius 1 is 1.33 bits per heavy atom. The second-order valence-electron chi connectivity index (χ2n) is 6.13. The second-order valence-corrected chi connectivity index (χ2v) is 7.05. The predicted octanol–water partition coefficient (Wildman–Crippen LogP) is 4.07. The van der Waals surface area contributed by atoms with Crippen molar-refractivity contribution in [1.82, 2.24) is 9.66 Å². The van der Waals surface area contributed by atoms with Gasteiger partial charge in [-0.1, -0.05) is 41.9 Å². The normalized spacial score (nSPS) is 11.2. The number of benzene rings is 2. The molecule has 0 aliphatic heterocycles. The summed E-state index contributed by atoms with van der Waals surface area (Å²) in [6, 6.07) is 14.6. The van der Waals surface area contributed by atoms with E-state index in [2.05, 4.69) is 26.0 Å². The van der Waals surface area contributed by atoms with E-state index < -0.39 is 0 Å². The molecule has 0 saturated heterocycles. The number of ether oxygens (including phenoxy) is 1. The van der Waals surface area contributed by atoms with Crippen LogP contribution in [-0.4, -0.2) is 22.5 Å². The standard InChI is InChI=1S/C20H17BrN4O2/c1-13(2)19-24-17-8-7-15(21)11-16(17)20(26)25(19)23-12-14-5-3-4-6-18(14)27-10-9-22/h3-8,11-13H,10H2,1-2H3. The quantitative estimate of drug-likeness (QED) is 0.578. The minimum atomic E-state index is -0.239. The Labute approximate surface area is 164 Å². The average Bonchev–Trinajstić information content (AvgIpc) is 2.66. The van der Waals surface area contributed by atoms with Crippen molar-refractivity contribution >= 4 is 33.0 Å². The predicted molar refractivity (Wildman–Crippen MR) is 108 cm³/mol. The minimum Gasteiger partial charge on any atom is -0.478 e. The molecule has 3 rings (SSSR count). The second kappa shape index (κ2) is 8.14. The van der Waals surface area contributed by atoms with Crippen LogP contribution < -0.4 is 10.3 Å². The van der Waals surface area contributed by atoms with Crippen molar-refractivity contribution in [2.45, 2.75) is 19.8 Å². The number of hydrogen-bond acceptors (Lipinski definition) is 5. The fourth-order valence-electron chi connectivity index (χ4n) is 2.60. The molecular formula is C20H17BrN4O2. The van der Waals surface area contributed by atoms with Crippen molar-refractivity contribution in [3.63, 3.8) is 0 Å². The van der Waals surface area contributed by atoms with Gasteiger partial charge in [0.15, 0.2) is 6.61 Å². The highest BCUT2D eigenvalue weighted by molar-refractivity contribution is 9.10. The van der Waals surface area contributed by atoms with E-state index in [1.54, 1.807) is 24.4 Å². The smallest absolute Gasteiger partial charge is 0.282 e. The van der Waals surface area contributed by atoms with Gasteiger partial charge in [-0.15, -0.1) is 0 Å². The summed E-state index contributed by atoms with van der Waals surface area (Å²) in [4.78, 5) is 17.6. The summed E-state index contributed by atoms with van der Waals surface area (Å²) in [6.07, 6.45) is 1.55. The molecule has 0 bridgehead atoms. The van der Waals surface area contributed by atoms with Gasteiger partial charge in [0.1, 0.15) is 17.6 Å². The summed E-state index contributed by atoms with van der Waals surface area (Å²) < 4.78 is 7.53. The third-order valence-corrected chi connectivity index (χ3v) is 4.37. The van der Waals surface area contributed by atoms with Gasteiger partial charge in [0.25, 0.3) is 5.56 Å². The Morgan fingerprint density at radius 2 is 2.11 bits per heavy atom. The van der Waals surface area contributed by atoms with Gasteiger partial charge in [0.2, 0.25) is 0 Å². The van der Waals surface area contributed by atoms with E-state index in [1.807, 2.05) is 44.2 Å². The van der Waals surface area contributed by atoms with E-state index in [0.29, 0.717) is 28.0 Å². The van der Waals surface area contributed by atoms with Crippen molar-refractivity contribution in [1.29, 1.82) is 5.26 Å². The van der Waals surface area contributed by atoms with Gasteiger partial charge in [-0.3, -0.25) is 4.79 Å². The highest BCUT2D eigenvalue weighted by Crippen LogP contribution is 2.20. The molecule has 0 amide bonds. The zero-order valence-electron chi connectivity index (χ0n) is 14.9. The van der Waals surface area contributed by atoms with Gasteiger partial charge in [0, 0.05) is 16.0 Å². The molecule has 136 valence electrons. The zero-order valence-corrected chi connectivity index (χ0v) is 16.5. The van der Waals surface area contributed by atoms with Crippen molar-refractivity contribution in [3.05, 3.63) is 68.7 Å². The van der Waals surface area contributed by atoms with Gasteiger partial charge >= 0.3 is 0 Å². The largest absolute Gasteiger partial charge is 0.478 e. The Hall–Kier alpha value is -2.98. The Bertz CT molecular complexity index is 1110. The van der Waals surface area contributed by atoms with E-state index in [9.17, 15) is 4.79 Å². The number of nitrogens with zero attached hydrogens (tertiary/aromatic N) is 4. The van der Waals surface area contributed by atoms with Gasteiger partial charge in [-0.25, -0.2) is 4.98 Å². The van der Waals surface area contributed by atoms with Crippen molar-refractivity contribution in [2.75, 3.05) is 6.61 Å². The van der Waals surface area contributed by atoms with Crippen LogP contribution in [0.4, 0.5) is 0 Å². The topological polar surface area (TPSA) is 80.3 Å². The summed E-state index contributed by atoms with van der Waals surface area (Å²) in [5.41, 5.74) is 1.07. The van der Waals surface area contributed by atoms with Crippen LogP contribution in [0.5, 0.6) is 5.75 Å². The summed E-state index contributed by atoms with van der Waals surface area (Å²) in [5.74, 6) is 1.10. The highest BCUT2D eigenvalue weighted by atomic mass is 79.9. The van der Waals surface area contributed by atoms with Crippen LogP contribution >= 0.6 is 15.9 Å². The van der Waals surface area contributed by atoms with Crippen molar-refractivity contribution < 1.29 is 4.74 Å². The Balaban J connectivity index is 2.13. The Kier molecular flexibility index (Phi) is 5.67. The van der Waals surface area contributed by atoms with Gasteiger partial charge in [-0.05, 0) is 30.3 Å². The SMILES string of the molecule is CC(C)c1nc2ccc(Br)cc2c(=O)n1N=Cc1ccccc1OCC#N. The molecule has 0 saturated carbocycles. The lowest BCUT2D eigenvalue weighted by Gasteiger charge is -2.12. The maximum atomic E-state index is 13.0. The Morgan fingerprint density at radius 3 is 2.85 bits per heavy atom. The number of aromatic nitrogens is 2. The molecule has 0 aliphatic carbocycles. The first-order valence-electron chi connectivity index (χ1n) is 8.36. The molecule has 0 atom stereocenters. The van der Waals surface area contributed by atoms with Crippen molar-refractivity contribution in [3.8, 4) is 11.8 Å². The first kappa shape index (κ1) is 18.8. The molecule has 27 heavy (non-hydrogen) atoms. The molecule has 0 unspecified atom stereocenters. The molecule has 0 aliphatic rings. The van der Waals surface area contributed by atoms with Crippen LogP contribution in [0.2, 0.25) is 0 Å². The van der Waals surface area contributed by atoms with Crippen LogP contribution in [0.15, 0.2) is 56.8 Å². The number of hydrogen-bond donors (Lipinski definition) is 0. The highest BCUT2D eigenvalue weighted by Gasteiger charge is 2.14. The van der Waals surface area contributed by atoms with Crippen LogP contribution in [0.3, 0.4) is 0 Å². The van der Waals surface area contributed by atoms with E-state index in [-0.39, 0.29) is 18.1 Å². The van der Waals surface area contributed by atoms with E-state index >= 15 is 0 Å². The molecule has 0 spiro atoms. The van der Waals surface area contributed by atoms with Crippen LogP contribution in [0.25, 0.3) is 10.9 Å². The summed E-state index contributed by atoms with van der Waals surface area (Å²) in [5, 5.41) is 13.6. The zero-order chi connectivity index (χ0) is 19.4. The third-order valence-electron chi connectivity index (χ3n) is 3.87. The molecule has 6 nitrogen and oxygen atoms in total. The molecule has 1 heterocycles. The third kappa shape index (κ3) is 4.07. The fraction of sp³-hybridized carbons (Fsp3) is 0.200. The van der Waals surface area contributed by atoms with Gasteiger partial charge in [-0.2, -0.15) is 15.0 Å². The number of halogens is 1. The number of para-hydroxylation sites is 1. The molecule has 0 radical (unpaired) electrons. The minimum absolute atomic E-state index is 0.00739. The molecule has 2 aromatic carbocycles. The van der Waals surface area contributed by atoms with Crippen molar-refractivity contribution in [2.24, 2.45) is 5.10 Å². The summed E-state index contributed by atoms with van der Waals surface area (Å²) >= 11 is 3.39. The maximum absolute atomic E-state index is 13.0. The average molecular weight is 425 g/mol. The fourth-order valence-corrected chi connectivity index (χ4v) is 2.96. The molecule has 1 aromatic heterocycles. The lowest BCUT2D eigenvalue weighted by atomic mass is 10.2. The van der Waals surface area contributed by atoms with Gasteiger partial charge < -0.3 is 4.74 Å². The van der Waals surface area contributed by atoms with Crippen LogP contribution in [0, 0.1) is 11.3 Å². The van der Waals surface area contributed by atoms with Crippen LogP contribution in [0.1, 0.15) is 31.2 Å². The number of nitriles is 1. The molecular weight excluding hydrogens is 408 g/mol. The molecule has 3 aromatic rings. The summed E-state index contributed by atoms with van der Waals surface area (Å²) in [7, 11) is 0. The first-order valence-corrected chi connectivity index (χ1v) is 9.16. The maximum Gasteiger partial charge on any atom is 0.282 e. The van der Waals surface area contributed by atoms with Gasteiger partial charge in [0.05, 0.1) is 17.1 Å². The van der Waals surface area contributed by atoms with E-state index in [0.717, 1.165) is 4.47 Å². The molecule has 0 N–H and O–H groups in total.